The summed E-state index contributed by atoms with van der Waals surface area (Å²) in [6, 6.07) is 0. The molecule has 0 aromatic heterocycles. The number of hydrogen-bond acceptors (Lipinski definition) is 2. The maximum atomic E-state index is 8.77. The predicted octanol–water partition coefficient (Wildman–Crippen LogP) is 0.0168. The van der Waals surface area contributed by atoms with Crippen LogP contribution in [0.1, 0.15) is 0 Å². The Morgan fingerprint density at radius 2 is 1.80 bits per heavy atom. The topological polar surface area (TPSA) is 40.1 Å². The zero-order valence-corrected chi connectivity index (χ0v) is 5.27. The molecular formula is ClO2RuS. The molecule has 5 heteroatoms. The second kappa shape index (κ2) is 5.02. The second-order valence-corrected chi connectivity index (χ2v) is 1.34. The molecule has 33 valence electrons. The maximum absolute atomic E-state index is 8.77. The van der Waals surface area contributed by atoms with Gasteiger partial charge in [0.15, 0.2) is 0 Å². The Morgan fingerprint density at radius 3 is 1.80 bits per heavy atom. The third-order valence-electron chi connectivity index (χ3n) is 0. The van der Waals surface area contributed by atoms with Crippen LogP contribution < -0.4 is 0 Å². The fourth-order valence-corrected chi connectivity index (χ4v) is 0. The van der Waals surface area contributed by atoms with Crippen LogP contribution in [0.25, 0.3) is 0 Å². The number of hydrogen-bond donors (Lipinski definition) is 0. The molecule has 0 bridgehead atoms. The van der Waals surface area contributed by atoms with Crippen LogP contribution in [0.2, 0.25) is 0 Å². The summed E-state index contributed by atoms with van der Waals surface area (Å²) in [4.78, 5) is 0. The van der Waals surface area contributed by atoms with Gasteiger partial charge in [0.25, 0.3) is 0 Å². The molecule has 0 saturated heterocycles. The van der Waals surface area contributed by atoms with Crippen LogP contribution in [-0.4, -0.2) is 8.76 Å². The van der Waals surface area contributed by atoms with Gasteiger partial charge in [-0.15, -0.1) is 0 Å². The fourth-order valence-electron chi connectivity index (χ4n) is 0. The number of halogens is 1. The summed E-state index contributed by atoms with van der Waals surface area (Å²) in [5.74, 6) is 0. The van der Waals surface area contributed by atoms with Crippen LogP contribution in [0, 0.1) is 0 Å². The van der Waals surface area contributed by atoms with Crippen molar-refractivity contribution in [3.8, 4) is 0 Å². The quantitative estimate of drug-likeness (QED) is 0.314. The van der Waals surface area contributed by atoms with Gasteiger partial charge in [0.2, 0.25) is 0 Å². The van der Waals surface area contributed by atoms with Crippen molar-refractivity contribution in [2.45, 2.75) is 0 Å². The average molecular weight is 201 g/mol. The van der Waals surface area contributed by atoms with Gasteiger partial charge in [-0.1, -0.05) is 0 Å². The fraction of sp³-hybridized carbons (Fsp3) is 0. The van der Waals surface area contributed by atoms with E-state index in [-0.39, 0.29) is 19.5 Å². The predicted molar refractivity (Wildman–Crippen MR) is 14.8 cm³/mol. The Bertz CT molecular complexity index is 32.6. The van der Waals surface area contributed by atoms with Crippen LogP contribution in [0.4, 0.5) is 0 Å². The minimum absolute atomic E-state index is 0. The van der Waals surface area contributed by atoms with E-state index in [9.17, 15) is 0 Å². The van der Waals surface area contributed by atoms with Crippen molar-refractivity contribution >= 4 is 21.0 Å². The van der Waals surface area contributed by atoms with E-state index in [1.807, 2.05) is 0 Å². The van der Waals surface area contributed by atoms with Crippen molar-refractivity contribution in [3.63, 3.8) is 0 Å². The van der Waals surface area contributed by atoms with E-state index < -0.39 is 10.3 Å². The van der Waals surface area contributed by atoms with Crippen LogP contribution in [0.5, 0.6) is 0 Å². The Kier molecular flexibility index (Phi) is 9.43. The molecule has 0 aromatic carbocycles. The van der Waals surface area contributed by atoms with Crippen molar-refractivity contribution in [3.05, 3.63) is 0 Å². The van der Waals surface area contributed by atoms with Crippen LogP contribution >= 0.6 is 10.7 Å². The van der Waals surface area contributed by atoms with Crippen molar-refractivity contribution < 1.29 is 28.2 Å². The van der Waals surface area contributed by atoms with Gasteiger partial charge in [-0.3, -0.25) is 4.21 Å². The van der Waals surface area contributed by atoms with Crippen LogP contribution in [0.15, 0.2) is 0 Å². The summed E-state index contributed by atoms with van der Waals surface area (Å²) >= 11 is 0. The SMILES string of the molecule is O=S([O-])Cl.[Ru+]. The minimum Gasteiger partial charge on any atom is -0.760 e. The van der Waals surface area contributed by atoms with Crippen molar-refractivity contribution in [2.75, 3.05) is 0 Å². The van der Waals surface area contributed by atoms with Crippen molar-refractivity contribution in [1.29, 1.82) is 0 Å². The Hall–Kier alpha value is 1.02. The first-order valence-electron chi connectivity index (χ1n) is 0.488. The zero-order chi connectivity index (χ0) is 3.58. The molecule has 0 aliphatic carbocycles. The Morgan fingerprint density at radius 1 is 1.80 bits per heavy atom. The van der Waals surface area contributed by atoms with E-state index in [1.165, 1.54) is 0 Å². The molecule has 0 amide bonds. The zero-order valence-electron chi connectivity index (χ0n) is 1.96. The molecule has 0 saturated carbocycles. The van der Waals surface area contributed by atoms with Gasteiger partial charge in [0.1, 0.15) is 0 Å². The van der Waals surface area contributed by atoms with Gasteiger partial charge in [-0.05, 0) is 10.7 Å². The largest absolute Gasteiger partial charge is 1.00 e. The van der Waals surface area contributed by atoms with E-state index in [0.717, 1.165) is 0 Å². The first kappa shape index (κ1) is 9.39. The maximum Gasteiger partial charge on any atom is 1.00 e. The van der Waals surface area contributed by atoms with Gasteiger partial charge < -0.3 is 4.55 Å². The Labute approximate surface area is 49.4 Å². The number of rotatable bonds is 0. The van der Waals surface area contributed by atoms with E-state index >= 15 is 0 Å². The van der Waals surface area contributed by atoms with E-state index in [1.54, 1.807) is 0 Å². The van der Waals surface area contributed by atoms with Crippen molar-refractivity contribution in [1.82, 2.24) is 0 Å². The summed E-state index contributed by atoms with van der Waals surface area (Å²) in [7, 11) is 1.80. The van der Waals surface area contributed by atoms with Gasteiger partial charge in [-0.2, -0.15) is 0 Å². The molecule has 0 rings (SSSR count). The summed E-state index contributed by atoms with van der Waals surface area (Å²) in [5, 5.41) is 0. The molecule has 0 fully saturated rings. The van der Waals surface area contributed by atoms with Crippen molar-refractivity contribution in [2.24, 2.45) is 0 Å². The average Bonchev–Trinajstić information content (AvgIpc) is 0.811. The molecular weight excluding hydrogens is 201 g/mol. The first-order valence-corrected chi connectivity index (χ1v) is 2.39. The van der Waals surface area contributed by atoms with Gasteiger partial charge in [-0.25, -0.2) is 0 Å². The summed E-state index contributed by atoms with van der Waals surface area (Å²) in [5.41, 5.74) is 0. The molecule has 2 nitrogen and oxygen atoms in total. The van der Waals surface area contributed by atoms with E-state index in [4.69, 9.17) is 8.76 Å². The summed E-state index contributed by atoms with van der Waals surface area (Å²) in [6.45, 7) is 0. The standard InChI is InChI=1S/ClHO2S.Ru/c1-4(2)3;/h(H,2,3);/q;+1/p-1. The first-order chi connectivity index (χ1) is 1.73. The molecule has 0 aliphatic heterocycles. The smallest absolute Gasteiger partial charge is 0.760 e. The molecule has 1 unspecified atom stereocenters. The molecule has 0 aromatic rings. The van der Waals surface area contributed by atoms with E-state index in [0.29, 0.717) is 0 Å². The third-order valence-corrected chi connectivity index (χ3v) is 0. The summed E-state index contributed by atoms with van der Waals surface area (Å²) < 4.78 is 17.5. The van der Waals surface area contributed by atoms with Crippen LogP contribution in [0.3, 0.4) is 0 Å². The normalized spacial score (nSPS) is 12.4. The molecule has 5 heavy (non-hydrogen) atoms. The summed E-state index contributed by atoms with van der Waals surface area (Å²) in [6.07, 6.45) is 0. The molecule has 0 heterocycles. The van der Waals surface area contributed by atoms with E-state index in [2.05, 4.69) is 10.7 Å². The molecule has 0 N–H and O–H groups in total. The van der Waals surface area contributed by atoms with Gasteiger partial charge in [0, 0.05) is 10.3 Å². The molecule has 1 atom stereocenters. The van der Waals surface area contributed by atoms with Gasteiger partial charge in [0.05, 0.1) is 0 Å². The third kappa shape index (κ3) is 43.8. The molecule has 0 spiro atoms. The monoisotopic (exact) mass is 201 g/mol. The minimum atomic E-state index is -2.39. The van der Waals surface area contributed by atoms with Crippen LogP contribution in [-0.2, 0) is 29.8 Å². The second-order valence-electron chi connectivity index (χ2n) is 0.194. The Balaban J connectivity index is 0. The molecule has 1 radical (unpaired) electrons. The van der Waals surface area contributed by atoms with Gasteiger partial charge >= 0.3 is 19.5 Å². The molecule has 0 aliphatic rings.